The van der Waals surface area contributed by atoms with Crippen LogP contribution in [0.5, 0.6) is 0 Å². The van der Waals surface area contributed by atoms with E-state index in [1.54, 1.807) is 48.0 Å². The van der Waals surface area contributed by atoms with Crippen LogP contribution in [0, 0.1) is 0 Å². The summed E-state index contributed by atoms with van der Waals surface area (Å²) in [5, 5.41) is 2.23. The average Bonchev–Trinajstić information content (AvgIpc) is 3.39. The molecule has 3 aromatic rings. The van der Waals surface area contributed by atoms with E-state index in [1.807, 2.05) is 6.08 Å². The standard InChI is InChI=1S/C22H17F3N2O4/c23-22(24,25)12-26-18(28)11-31-21(29)19-15-5-1-2-6-17(15)27-20-13(7-8-16(19)20)10-14-4-3-9-30-14/h1-6,9-10H,7-8,11-12H2,(H,26,28). The Morgan fingerprint density at radius 1 is 1.16 bits per heavy atom. The van der Waals surface area contributed by atoms with Gasteiger partial charge in [0.15, 0.2) is 6.61 Å². The van der Waals surface area contributed by atoms with Gasteiger partial charge in [-0.05, 0) is 48.3 Å². The number of nitrogens with one attached hydrogen (secondary N) is 1. The second-order valence-electron chi connectivity index (χ2n) is 6.98. The summed E-state index contributed by atoms with van der Waals surface area (Å²) in [6, 6.07) is 10.6. The smallest absolute Gasteiger partial charge is 0.405 e. The molecular weight excluding hydrogens is 413 g/mol. The summed E-state index contributed by atoms with van der Waals surface area (Å²) >= 11 is 0. The lowest BCUT2D eigenvalue weighted by Gasteiger charge is -2.13. The van der Waals surface area contributed by atoms with Crippen LogP contribution in [0.3, 0.4) is 0 Å². The SMILES string of the molecule is O=C(COC(=O)c1c2c(nc3ccccc13)C(=Cc1ccco1)CC2)NCC(F)(F)F. The largest absolute Gasteiger partial charge is 0.465 e. The molecule has 1 N–H and O–H groups in total. The third-order valence-corrected chi connectivity index (χ3v) is 4.83. The van der Waals surface area contributed by atoms with Gasteiger partial charge in [0.05, 0.1) is 23.0 Å². The van der Waals surface area contributed by atoms with Gasteiger partial charge in [-0.15, -0.1) is 0 Å². The lowest BCUT2D eigenvalue weighted by molar-refractivity contribution is -0.140. The highest BCUT2D eigenvalue weighted by molar-refractivity contribution is 6.07. The van der Waals surface area contributed by atoms with Crippen LogP contribution in [0.2, 0.25) is 0 Å². The zero-order valence-electron chi connectivity index (χ0n) is 16.2. The second kappa shape index (κ2) is 8.25. The fourth-order valence-electron chi connectivity index (χ4n) is 3.51. The molecule has 0 aliphatic heterocycles. The molecule has 4 rings (SSSR count). The number of esters is 1. The molecule has 31 heavy (non-hydrogen) atoms. The molecule has 0 unspecified atom stereocenters. The van der Waals surface area contributed by atoms with Crippen molar-refractivity contribution < 1.29 is 31.9 Å². The van der Waals surface area contributed by atoms with E-state index < -0.39 is 31.2 Å². The quantitative estimate of drug-likeness (QED) is 0.615. The molecule has 1 amide bonds. The monoisotopic (exact) mass is 430 g/mol. The molecule has 0 spiro atoms. The fraction of sp³-hybridized carbons (Fsp3) is 0.227. The summed E-state index contributed by atoms with van der Waals surface area (Å²) in [4.78, 5) is 29.2. The van der Waals surface area contributed by atoms with Crippen LogP contribution in [0.25, 0.3) is 22.6 Å². The Labute approximate surface area is 174 Å². The number of pyridine rings is 1. The van der Waals surface area contributed by atoms with E-state index in [4.69, 9.17) is 14.1 Å². The van der Waals surface area contributed by atoms with Crippen molar-refractivity contribution in [3.05, 3.63) is 65.2 Å². The molecule has 6 nitrogen and oxygen atoms in total. The van der Waals surface area contributed by atoms with Crippen LogP contribution in [0.1, 0.15) is 33.8 Å². The summed E-state index contributed by atoms with van der Waals surface area (Å²) in [6.07, 6.45) is 0.0324. The van der Waals surface area contributed by atoms with Crippen LogP contribution in [-0.4, -0.2) is 36.2 Å². The Morgan fingerprint density at radius 2 is 1.97 bits per heavy atom. The van der Waals surface area contributed by atoms with Gasteiger partial charge in [-0.2, -0.15) is 13.2 Å². The Bertz CT molecular complexity index is 1170. The molecule has 0 bridgehead atoms. The van der Waals surface area contributed by atoms with Gasteiger partial charge in [0.25, 0.3) is 5.91 Å². The van der Waals surface area contributed by atoms with E-state index in [-0.39, 0.29) is 5.56 Å². The minimum atomic E-state index is -4.54. The number of hydrogen-bond donors (Lipinski definition) is 1. The van der Waals surface area contributed by atoms with Crippen molar-refractivity contribution in [1.29, 1.82) is 0 Å². The Kier molecular flexibility index (Phi) is 5.50. The molecule has 1 aromatic carbocycles. The highest BCUT2D eigenvalue weighted by Crippen LogP contribution is 2.37. The molecule has 9 heteroatoms. The molecule has 0 saturated heterocycles. The second-order valence-corrected chi connectivity index (χ2v) is 6.98. The van der Waals surface area contributed by atoms with Crippen molar-refractivity contribution in [3.8, 4) is 0 Å². The van der Waals surface area contributed by atoms with Crippen LogP contribution < -0.4 is 5.32 Å². The molecule has 160 valence electrons. The first-order chi connectivity index (χ1) is 14.8. The van der Waals surface area contributed by atoms with Gasteiger partial charge in [-0.1, -0.05) is 18.2 Å². The number of rotatable bonds is 5. The summed E-state index contributed by atoms with van der Waals surface area (Å²) in [6.45, 7) is -2.30. The van der Waals surface area contributed by atoms with Crippen LogP contribution in [-0.2, 0) is 16.0 Å². The normalized spacial score (nSPS) is 14.6. The van der Waals surface area contributed by atoms with Gasteiger partial charge in [-0.3, -0.25) is 4.79 Å². The summed E-state index contributed by atoms with van der Waals surface area (Å²) in [5.41, 5.74) is 3.06. The lowest BCUT2D eigenvalue weighted by atomic mass is 10.0. The fourth-order valence-corrected chi connectivity index (χ4v) is 3.51. The van der Waals surface area contributed by atoms with E-state index in [9.17, 15) is 22.8 Å². The van der Waals surface area contributed by atoms with Crippen LogP contribution in [0.15, 0.2) is 47.1 Å². The molecule has 2 aromatic heterocycles. The number of halogens is 3. The van der Waals surface area contributed by atoms with Crippen molar-refractivity contribution in [2.75, 3.05) is 13.2 Å². The predicted octanol–water partition coefficient (Wildman–Crippen LogP) is 4.15. The number of benzene rings is 1. The zero-order valence-corrected chi connectivity index (χ0v) is 16.2. The number of fused-ring (bicyclic) bond motifs is 2. The Morgan fingerprint density at radius 3 is 2.71 bits per heavy atom. The van der Waals surface area contributed by atoms with Crippen molar-refractivity contribution in [2.24, 2.45) is 0 Å². The summed E-state index contributed by atoms with van der Waals surface area (Å²) in [5.74, 6) is -1.15. The predicted molar refractivity (Wildman–Crippen MR) is 106 cm³/mol. The Hall–Kier alpha value is -3.62. The van der Waals surface area contributed by atoms with Crippen LogP contribution >= 0.6 is 0 Å². The van der Waals surface area contributed by atoms with Gasteiger partial charge in [0, 0.05) is 5.39 Å². The van der Waals surface area contributed by atoms with Crippen molar-refractivity contribution >= 4 is 34.4 Å². The van der Waals surface area contributed by atoms with Crippen molar-refractivity contribution in [2.45, 2.75) is 19.0 Å². The number of furan rings is 1. The number of para-hydroxylation sites is 1. The van der Waals surface area contributed by atoms with Gasteiger partial charge < -0.3 is 14.5 Å². The topological polar surface area (TPSA) is 81.4 Å². The number of carbonyl (C=O) groups excluding carboxylic acids is 2. The van der Waals surface area contributed by atoms with Crippen molar-refractivity contribution in [1.82, 2.24) is 10.3 Å². The van der Waals surface area contributed by atoms with Gasteiger partial charge in [0.1, 0.15) is 12.3 Å². The van der Waals surface area contributed by atoms with Gasteiger partial charge in [-0.25, -0.2) is 9.78 Å². The van der Waals surface area contributed by atoms with E-state index in [0.717, 1.165) is 5.57 Å². The maximum Gasteiger partial charge on any atom is 0.405 e. The number of nitrogens with zero attached hydrogens (tertiary/aromatic N) is 1. The third kappa shape index (κ3) is 4.60. The first-order valence-corrected chi connectivity index (χ1v) is 9.48. The highest BCUT2D eigenvalue weighted by Gasteiger charge is 2.29. The summed E-state index contributed by atoms with van der Waals surface area (Å²) < 4.78 is 47.1. The molecule has 1 aliphatic carbocycles. The number of amides is 1. The number of alkyl halides is 3. The number of aromatic nitrogens is 1. The van der Waals surface area contributed by atoms with Crippen LogP contribution in [0.4, 0.5) is 13.2 Å². The van der Waals surface area contributed by atoms with E-state index >= 15 is 0 Å². The first kappa shape index (κ1) is 20.6. The van der Waals surface area contributed by atoms with Gasteiger partial charge in [0.2, 0.25) is 0 Å². The number of hydrogen-bond acceptors (Lipinski definition) is 5. The maximum atomic E-state index is 12.9. The minimum absolute atomic E-state index is 0.270. The van der Waals surface area contributed by atoms with E-state index in [1.165, 1.54) is 0 Å². The third-order valence-electron chi connectivity index (χ3n) is 4.83. The molecule has 1 aliphatic rings. The molecule has 0 radical (unpaired) electrons. The number of ether oxygens (including phenoxy) is 1. The number of allylic oxidation sites excluding steroid dienone is 1. The Balaban J connectivity index is 1.63. The van der Waals surface area contributed by atoms with Crippen molar-refractivity contribution in [3.63, 3.8) is 0 Å². The minimum Gasteiger partial charge on any atom is -0.465 e. The number of carbonyl (C=O) groups is 2. The zero-order chi connectivity index (χ0) is 22.0. The highest BCUT2D eigenvalue weighted by atomic mass is 19.4. The first-order valence-electron chi connectivity index (χ1n) is 9.48. The summed E-state index contributed by atoms with van der Waals surface area (Å²) in [7, 11) is 0. The van der Waals surface area contributed by atoms with Gasteiger partial charge >= 0.3 is 12.1 Å². The molecule has 0 fully saturated rings. The molecule has 0 atom stereocenters. The molecule has 0 saturated carbocycles. The van der Waals surface area contributed by atoms with E-state index in [0.29, 0.717) is 40.8 Å². The maximum absolute atomic E-state index is 12.9. The lowest BCUT2D eigenvalue weighted by Crippen LogP contribution is -2.36. The molecular formula is C22H17F3N2O4. The van der Waals surface area contributed by atoms with E-state index in [2.05, 4.69) is 0 Å². The molecule has 2 heterocycles. The average molecular weight is 430 g/mol.